The van der Waals surface area contributed by atoms with Gasteiger partial charge in [0.15, 0.2) is 0 Å². The number of hydrogen-bond donors (Lipinski definition) is 0. The lowest BCUT2D eigenvalue weighted by Crippen LogP contribution is -1.97. The number of aryl methyl sites for hydroxylation is 2. The quantitative estimate of drug-likeness (QED) is 0.536. The van der Waals surface area contributed by atoms with Gasteiger partial charge in [0, 0.05) is 6.54 Å². The highest BCUT2D eigenvalue weighted by molar-refractivity contribution is 6.55. The Kier molecular flexibility index (Phi) is 3.28. The lowest BCUT2D eigenvalue weighted by Gasteiger charge is -2.07. The van der Waals surface area contributed by atoms with Crippen molar-refractivity contribution in [2.75, 3.05) is 0 Å². The van der Waals surface area contributed by atoms with Crippen LogP contribution < -0.4 is 0 Å². The molecule has 0 spiro atoms. The summed E-state index contributed by atoms with van der Waals surface area (Å²) >= 11 is 24.2. The third kappa shape index (κ3) is 1.60. The van der Waals surface area contributed by atoms with Crippen molar-refractivity contribution >= 4 is 57.4 Å². The van der Waals surface area contributed by atoms with Crippen LogP contribution in [0.5, 0.6) is 0 Å². The van der Waals surface area contributed by atoms with Gasteiger partial charge in [-0.05, 0) is 13.8 Å². The number of benzene rings is 1. The maximum Gasteiger partial charge on any atom is 0.111 e. The summed E-state index contributed by atoms with van der Waals surface area (Å²) in [6.45, 7) is 4.63. The van der Waals surface area contributed by atoms with Gasteiger partial charge in [0.2, 0.25) is 0 Å². The van der Waals surface area contributed by atoms with Crippen LogP contribution in [0.1, 0.15) is 12.7 Å². The van der Waals surface area contributed by atoms with E-state index < -0.39 is 0 Å². The molecular weight excluding hydrogens is 290 g/mol. The third-order valence-electron chi connectivity index (χ3n) is 2.47. The van der Waals surface area contributed by atoms with E-state index >= 15 is 0 Å². The fourth-order valence-electron chi connectivity index (χ4n) is 1.73. The van der Waals surface area contributed by atoms with Crippen molar-refractivity contribution in [1.29, 1.82) is 0 Å². The third-order valence-corrected chi connectivity index (χ3v) is 4.25. The van der Waals surface area contributed by atoms with E-state index in [-0.39, 0.29) is 10.0 Å². The van der Waals surface area contributed by atoms with Gasteiger partial charge in [-0.25, -0.2) is 4.98 Å². The zero-order valence-corrected chi connectivity index (χ0v) is 11.6. The summed E-state index contributed by atoms with van der Waals surface area (Å²) in [4.78, 5) is 4.35. The van der Waals surface area contributed by atoms with Crippen LogP contribution in [-0.2, 0) is 6.54 Å². The van der Waals surface area contributed by atoms with Crippen LogP contribution in [0.4, 0.5) is 0 Å². The SMILES string of the molecule is CCn1c(C)nc2c(Cl)c(Cl)c(Cl)c(Cl)c21. The molecule has 16 heavy (non-hydrogen) atoms. The highest BCUT2D eigenvalue weighted by atomic mass is 35.5. The summed E-state index contributed by atoms with van der Waals surface area (Å²) in [5.74, 6) is 0.833. The Hall–Kier alpha value is -0.150. The molecule has 1 heterocycles. The summed E-state index contributed by atoms with van der Waals surface area (Å²) < 4.78 is 1.95. The predicted molar refractivity (Wildman–Crippen MR) is 70.2 cm³/mol. The maximum atomic E-state index is 6.16. The Balaban J connectivity index is 3.02. The molecule has 0 amide bonds. The first-order valence-electron chi connectivity index (χ1n) is 4.67. The molecule has 2 rings (SSSR count). The largest absolute Gasteiger partial charge is 0.327 e. The van der Waals surface area contributed by atoms with Crippen molar-refractivity contribution in [1.82, 2.24) is 9.55 Å². The summed E-state index contributed by atoms with van der Waals surface area (Å²) in [6, 6.07) is 0. The molecule has 0 saturated carbocycles. The Morgan fingerprint density at radius 3 is 2.12 bits per heavy atom. The molecule has 0 unspecified atom stereocenters. The standard InChI is InChI=1S/C10H8Cl4N2/c1-3-16-4(2)15-9-7(13)5(11)6(12)8(14)10(9)16/h3H2,1-2H3. The molecule has 0 aliphatic heterocycles. The van der Waals surface area contributed by atoms with E-state index in [1.807, 2.05) is 18.4 Å². The van der Waals surface area contributed by atoms with Crippen LogP contribution in [0, 0.1) is 6.92 Å². The number of halogens is 4. The van der Waals surface area contributed by atoms with Crippen molar-refractivity contribution in [3.05, 3.63) is 25.9 Å². The second-order valence-electron chi connectivity index (χ2n) is 3.36. The zero-order valence-electron chi connectivity index (χ0n) is 8.61. The maximum absolute atomic E-state index is 6.16. The monoisotopic (exact) mass is 296 g/mol. The van der Waals surface area contributed by atoms with Gasteiger partial charge < -0.3 is 4.57 Å². The minimum Gasteiger partial charge on any atom is -0.327 e. The molecule has 0 N–H and O–H groups in total. The van der Waals surface area contributed by atoms with E-state index in [1.54, 1.807) is 0 Å². The van der Waals surface area contributed by atoms with Gasteiger partial charge in [-0.3, -0.25) is 0 Å². The van der Waals surface area contributed by atoms with Crippen LogP contribution in [-0.4, -0.2) is 9.55 Å². The number of aromatic nitrogens is 2. The lowest BCUT2D eigenvalue weighted by molar-refractivity contribution is 0.753. The Labute approximate surface area is 113 Å². The molecule has 0 atom stereocenters. The molecule has 1 aromatic carbocycles. The average Bonchev–Trinajstić information content (AvgIpc) is 2.60. The van der Waals surface area contributed by atoms with Crippen molar-refractivity contribution in [2.45, 2.75) is 20.4 Å². The first-order valence-corrected chi connectivity index (χ1v) is 6.19. The smallest absolute Gasteiger partial charge is 0.111 e. The minimum absolute atomic E-state index is 0.251. The van der Waals surface area contributed by atoms with Gasteiger partial charge in [-0.2, -0.15) is 0 Å². The molecule has 0 radical (unpaired) electrons. The fraction of sp³-hybridized carbons (Fsp3) is 0.300. The van der Waals surface area contributed by atoms with E-state index in [0.29, 0.717) is 15.6 Å². The topological polar surface area (TPSA) is 17.8 Å². The highest BCUT2D eigenvalue weighted by Crippen LogP contribution is 2.42. The van der Waals surface area contributed by atoms with E-state index in [4.69, 9.17) is 46.4 Å². The van der Waals surface area contributed by atoms with E-state index in [1.165, 1.54) is 0 Å². The van der Waals surface area contributed by atoms with E-state index in [0.717, 1.165) is 17.9 Å². The van der Waals surface area contributed by atoms with Gasteiger partial charge >= 0.3 is 0 Å². The fourth-order valence-corrected chi connectivity index (χ4v) is 2.70. The van der Waals surface area contributed by atoms with E-state index in [2.05, 4.69) is 4.98 Å². The first-order chi connectivity index (χ1) is 7.49. The molecule has 86 valence electrons. The Morgan fingerprint density at radius 1 is 1.00 bits per heavy atom. The van der Waals surface area contributed by atoms with Crippen LogP contribution in [0.2, 0.25) is 20.1 Å². The summed E-state index contributed by atoms with van der Waals surface area (Å²) in [7, 11) is 0. The van der Waals surface area contributed by atoms with Crippen molar-refractivity contribution < 1.29 is 0 Å². The van der Waals surface area contributed by atoms with Gasteiger partial charge in [-0.15, -0.1) is 0 Å². The van der Waals surface area contributed by atoms with Crippen molar-refractivity contribution in [2.24, 2.45) is 0 Å². The van der Waals surface area contributed by atoms with Crippen LogP contribution in [0.25, 0.3) is 11.0 Å². The summed E-state index contributed by atoms with van der Waals surface area (Å²) in [5.41, 5.74) is 1.33. The molecule has 1 aromatic heterocycles. The molecule has 2 aromatic rings. The number of rotatable bonds is 1. The van der Waals surface area contributed by atoms with Crippen LogP contribution >= 0.6 is 46.4 Å². The zero-order chi connectivity index (χ0) is 12.0. The van der Waals surface area contributed by atoms with Gasteiger partial charge in [0.05, 0.1) is 25.6 Å². The molecule has 0 saturated heterocycles. The Bertz CT molecular complexity index is 574. The van der Waals surface area contributed by atoms with Gasteiger partial charge in [0.25, 0.3) is 0 Å². The molecule has 2 nitrogen and oxygen atoms in total. The number of fused-ring (bicyclic) bond motifs is 1. The van der Waals surface area contributed by atoms with E-state index in [9.17, 15) is 0 Å². The number of nitrogens with zero attached hydrogens (tertiary/aromatic N) is 2. The van der Waals surface area contributed by atoms with Crippen molar-refractivity contribution in [3.8, 4) is 0 Å². The lowest BCUT2D eigenvalue weighted by atomic mass is 10.3. The normalized spacial score (nSPS) is 11.4. The Morgan fingerprint density at radius 2 is 1.56 bits per heavy atom. The highest BCUT2D eigenvalue weighted by Gasteiger charge is 2.20. The minimum atomic E-state index is 0.251. The number of hydrogen-bond acceptors (Lipinski definition) is 1. The summed E-state index contributed by atoms with van der Waals surface area (Å²) in [6.07, 6.45) is 0. The van der Waals surface area contributed by atoms with Crippen molar-refractivity contribution in [3.63, 3.8) is 0 Å². The first kappa shape index (κ1) is 12.3. The number of imidazole rings is 1. The van der Waals surface area contributed by atoms with Gasteiger partial charge in [0.1, 0.15) is 11.3 Å². The summed E-state index contributed by atoms with van der Waals surface area (Å²) in [5, 5.41) is 1.27. The van der Waals surface area contributed by atoms with Crippen LogP contribution in [0.3, 0.4) is 0 Å². The molecule has 0 aliphatic carbocycles. The second kappa shape index (κ2) is 4.26. The molecule has 0 aliphatic rings. The van der Waals surface area contributed by atoms with Gasteiger partial charge in [-0.1, -0.05) is 46.4 Å². The second-order valence-corrected chi connectivity index (χ2v) is 4.87. The predicted octanol–water partition coefficient (Wildman–Crippen LogP) is 4.98. The molecule has 0 fully saturated rings. The molecule has 6 heteroatoms. The molecular formula is C10H8Cl4N2. The average molecular weight is 298 g/mol. The van der Waals surface area contributed by atoms with Crippen LogP contribution in [0.15, 0.2) is 0 Å². The molecule has 0 bridgehead atoms.